The Kier molecular flexibility index (Phi) is 5.81. The van der Waals surface area contributed by atoms with E-state index in [0.717, 1.165) is 6.21 Å². The molecule has 1 aromatic heterocycles. The van der Waals surface area contributed by atoms with Gasteiger partial charge in [-0.3, -0.25) is 4.79 Å². The number of nitrogens with one attached hydrogen (secondary N) is 2. The maximum atomic E-state index is 13.1. The predicted octanol–water partition coefficient (Wildman–Crippen LogP) is 3.06. The van der Waals surface area contributed by atoms with E-state index in [9.17, 15) is 24.2 Å². The fourth-order valence-corrected chi connectivity index (χ4v) is 2.76. The zero-order valence-electron chi connectivity index (χ0n) is 14.3. The molecule has 0 unspecified atom stereocenters. The molecule has 1 heterocycles. The van der Waals surface area contributed by atoms with Crippen molar-refractivity contribution in [2.45, 2.75) is 0 Å². The smallest absolute Gasteiger partial charge is 0.346 e. The molecule has 3 aromatic rings. The number of carbonyl (C=O) groups is 1. The van der Waals surface area contributed by atoms with Crippen molar-refractivity contribution in [1.82, 2.24) is 15.4 Å². The van der Waals surface area contributed by atoms with Crippen molar-refractivity contribution in [3.63, 3.8) is 0 Å². The third kappa shape index (κ3) is 4.53. The Balaban J connectivity index is 1.82. The highest BCUT2D eigenvalue weighted by atomic mass is 35.5. The van der Waals surface area contributed by atoms with Crippen LogP contribution in [0.2, 0.25) is 10.0 Å². The number of hydrogen-bond donors (Lipinski definition) is 4. The number of carbonyl (C=O) groups excluding carboxylic acids is 1. The topological polar surface area (TPSA) is 128 Å². The van der Waals surface area contributed by atoms with Gasteiger partial charge < -0.3 is 15.2 Å². The molecule has 3 rings (SSSR count). The Morgan fingerprint density at radius 3 is 2.55 bits per heavy atom. The Labute approximate surface area is 172 Å². The van der Waals surface area contributed by atoms with Gasteiger partial charge in [-0.05, 0) is 36.4 Å². The molecule has 0 aliphatic carbocycles. The zero-order chi connectivity index (χ0) is 21.1. The first-order valence-corrected chi connectivity index (χ1v) is 8.62. The third-order valence-electron chi connectivity index (χ3n) is 3.70. The van der Waals surface area contributed by atoms with Crippen LogP contribution in [0.4, 0.5) is 4.39 Å². The molecule has 0 aliphatic heterocycles. The van der Waals surface area contributed by atoms with Crippen LogP contribution in [-0.4, -0.2) is 32.3 Å². The van der Waals surface area contributed by atoms with Crippen molar-refractivity contribution in [1.29, 1.82) is 0 Å². The molecule has 0 bridgehead atoms. The molecule has 0 saturated carbocycles. The molecule has 2 aromatic carbocycles. The summed E-state index contributed by atoms with van der Waals surface area (Å²) in [7, 11) is 0. The predicted molar refractivity (Wildman–Crippen MR) is 105 cm³/mol. The van der Waals surface area contributed by atoms with Crippen molar-refractivity contribution < 1.29 is 19.4 Å². The van der Waals surface area contributed by atoms with Crippen LogP contribution < -0.4 is 11.1 Å². The van der Waals surface area contributed by atoms with E-state index in [0.29, 0.717) is 5.56 Å². The summed E-state index contributed by atoms with van der Waals surface area (Å²) in [5, 5.41) is 22.6. The molecule has 29 heavy (non-hydrogen) atoms. The minimum absolute atomic E-state index is 0.0355. The highest BCUT2D eigenvalue weighted by Crippen LogP contribution is 2.40. The van der Waals surface area contributed by atoms with Gasteiger partial charge in [-0.2, -0.15) is 10.1 Å². The Bertz CT molecular complexity index is 1180. The summed E-state index contributed by atoms with van der Waals surface area (Å²) in [5.41, 5.74) is 1.87. The van der Waals surface area contributed by atoms with Gasteiger partial charge in [-0.1, -0.05) is 23.2 Å². The Hall–Kier alpha value is -3.43. The summed E-state index contributed by atoms with van der Waals surface area (Å²) in [6.07, 6.45) is 1.05. The molecule has 11 heteroatoms. The number of hydrogen-bond acceptors (Lipinski definition) is 6. The van der Waals surface area contributed by atoms with Gasteiger partial charge in [0.1, 0.15) is 22.3 Å². The maximum absolute atomic E-state index is 13.1. The van der Waals surface area contributed by atoms with E-state index in [2.05, 4.69) is 20.5 Å². The molecule has 0 saturated heterocycles. The number of nitrogens with zero attached hydrogens (tertiary/aromatic N) is 2. The van der Waals surface area contributed by atoms with E-state index >= 15 is 0 Å². The lowest BCUT2D eigenvalue weighted by molar-refractivity contribution is 0.0949. The normalized spacial score (nSPS) is 11.0. The average Bonchev–Trinajstić information content (AvgIpc) is 2.70. The lowest BCUT2D eigenvalue weighted by Gasteiger charge is -2.06. The molecule has 4 N–H and O–H groups in total. The van der Waals surface area contributed by atoms with Gasteiger partial charge in [-0.25, -0.2) is 14.6 Å². The molecule has 0 radical (unpaired) electrons. The molecule has 148 valence electrons. The first kappa shape index (κ1) is 20.3. The van der Waals surface area contributed by atoms with E-state index in [4.69, 9.17) is 23.2 Å². The summed E-state index contributed by atoms with van der Waals surface area (Å²) in [6.45, 7) is 0. The average molecular weight is 437 g/mol. The largest absolute Gasteiger partial charge is 0.506 e. The molecule has 0 aliphatic rings. The van der Waals surface area contributed by atoms with Gasteiger partial charge in [0.15, 0.2) is 5.75 Å². The van der Waals surface area contributed by atoms with Crippen LogP contribution in [0.15, 0.2) is 46.3 Å². The number of H-pyrrole nitrogens is 1. The number of halogens is 3. The van der Waals surface area contributed by atoms with E-state index < -0.39 is 28.9 Å². The van der Waals surface area contributed by atoms with Crippen LogP contribution in [-0.2, 0) is 0 Å². The SMILES string of the molecule is O=C(N/N=C/c1cc(Cl)c(O)c(Cl)c1O)c1cc(-c2ccc(F)cc2)nc(=O)[nH]1. The second kappa shape index (κ2) is 8.29. The number of phenolic OH excluding ortho intramolecular Hbond substituents is 2. The Morgan fingerprint density at radius 1 is 1.17 bits per heavy atom. The number of phenols is 2. The molecule has 8 nitrogen and oxygen atoms in total. The summed E-state index contributed by atoms with van der Waals surface area (Å²) in [5.74, 6) is -2.21. The Morgan fingerprint density at radius 2 is 1.86 bits per heavy atom. The van der Waals surface area contributed by atoms with Gasteiger partial charge in [0.05, 0.1) is 16.9 Å². The molecule has 0 fully saturated rings. The van der Waals surface area contributed by atoms with Crippen molar-refractivity contribution in [2.24, 2.45) is 5.10 Å². The van der Waals surface area contributed by atoms with Crippen LogP contribution in [0.1, 0.15) is 16.1 Å². The second-order valence-corrected chi connectivity index (χ2v) is 6.44. The summed E-state index contributed by atoms with van der Waals surface area (Å²) < 4.78 is 13.1. The lowest BCUT2D eigenvalue weighted by atomic mass is 10.1. The molecule has 0 atom stereocenters. The minimum Gasteiger partial charge on any atom is -0.506 e. The first-order valence-electron chi connectivity index (χ1n) is 7.87. The van der Waals surface area contributed by atoms with Crippen LogP contribution >= 0.6 is 23.2 Å². The van der Waals surface area contributed by atoms with E-state index in [1.165, 1.54) is 36.4 Å². The fourth-order valence-electron chi connectivity index (χ4n) is 2.28. The van der Waals surface area contributed by atoms with Crippen LogP contribution in [0.3, 0.4) is 0 Å². The van der Waals surface area contributed by atoms with Crippen molar-refractivity contribution in [3.05, 3.63) is 74.0 Å². The number of aromatic nitrogens is 2. The number of benzene rings is 2. The second-order valence-electron chi connectivity index (χ2n) is 5.65. The standard InChI is InChI=1S/C18H11Cl2FN4O4/c19-11-5-9(15(26)14(20)16(11)27)7-22-25-17(28)13-6-12(23-18(29)24-13)8-1-3-10(21)4-2-8/h1-7,26-27H,(H,25,28)(H,23,24,29)/b22-7+. The number of rotatable bonds is 4. The summed E-state index contributed by atoms with van der Waals surface area (Å²) in [6, 6.07) is 7.71. The summed E-state index contributed by atoms with van der Waals surface area (Å²) >= 11 is 11.5. The minimum atomic E-state index is -0.782. The fraction of sp³-hybridized carbons (Fsp3) is 0. The highest BCUT2D eigenvalue weighted by molar-refractivity contribution is 6.38. The van der Waals surface area contributed by atoms with Crippen LogP contribution in [0, 0.1) is 5.82 Å². The monoisotopic (exact) mass is 436 g/mol. The zero-order valence-corrected chi connectivity index (χ0v) is 15.8. The van der Waals surface area contributed by atoms with Crippen molar-refractivity contribution >= 4 is 35.3 Å². The highest BCUT2D eigenvalue weighted by Gasteiger charge is 2.14. The summed E-state index contributed by atoms with van der Waals surface area (Å²) in [4.78, 5) is 30.0. The van der Waals surface area contributed by atoms with Crippen molar-refractivity contribution in [2.75, 3.05) is 0 Å². The van der Waals surface area contributed by atoms with Crippen LogP contribution in [0.25, 0.3) is 11.3 Å². The van der Waals surface area contributed by atoms with Crippen molar-refractivity contribution in [3.8, 4) is 22.8 Å². The maximum Gasteiger partial charge on any atom is 0.346 e. The molecule has 1 amide bonds. The first-order chi connectivity index (χ1) is 13.8. The molecular formula is C18H11Cl2FN4O4. The lowest BCUT2D eigenvalue weighted by Crippen LogP contribution is -2.24. The quantitative estimate of drug-likeness (QED) is 0.369. The van der Waals surface area contributed by atoms with E-state index in [1.54, 1.807) is 0 Å². The van der Waals surface area contributed by atoms with Crippen LogP contribution in [0.5, 0.6) is 11.5 Å². The van der Waals surface area contributed by atoms with Gasteiger partial charge in [0.2, 0.25) is 0 Å². The van der Waals surface area contributed by atoms with Gasteiger partial charge >= 0.3 is 5.69 Å². The molecular weight excluding hydrogens is 426 g/mol. The number of aromatic hydroxyl groups is 2. The van der Waals surface area contributed by atoms with E-state index in [-0.39, 0.29) is 27.0 Å². The number of hydrazone groups is 1. The van der Waals surface area contributed by atoms with Gasteiger partial charge in [0.25, 0.3) is 5.91 Å². The van der Waals surface area contributed by atoms with Gasteiger partial charge in [0, 0.05) is 11.1 Å². The van der Waals surface area contributed by atoms with Gasteiger partial charge in [-0.15, -0.1) is 0 Å². The number of amides is 1. The number of aromatic amines is 1. The van der Waals surface area contributed by atoms with E-state index in [1.807, 2.05) is 0 Å². The third-order valence-corrected chi connectivity index (χ3v) is 4.34. The molecule has 0 spiro atoms.